The Morgan fingerprint density at radius 1 is 1.21 bits per heavy atom. The predicted octanol–water partition coefficient (Wildman–Crippen LogP) is 3.28. The van der Waals surface area contributed by atoms with Crippen molar-refractivity contribution in [1.29, 1.82) is 0 Å². The molecule has 1 nitrogen and oxygen atoms in total. The van der Waals surface area contributed by atoms with Crippen molar-refractivity contribution >= 4 is 35.0 Å². The van der Waals surface area contributed by atoms with Crippen molar-refractivity contribution in [3.05, 3.63) is 33.4 Å². The third-order valence-corrected chi connectivity index (χ3v) is 2.58. The van der Waals surface area contributed by atoms with Crippen molar-refractivity contribution in [2.24, 2.45) is 5.73 Å². The highest BCUT2D eigenvalue weighted by Crippen LogP contribution is 2.32. The van der Waals surface area contributed by atoms with E-state index in [4.69, 9.17) is 5.73 Å². The molecule has 1 unspecified atom stereocenters. The van der Waals surface area contributed by atoms with Crippen molar-refractivity contribution < 1.29 is 13.2 Å². The second-order valence-electron chi connectivity index (χ2n) is 2.54. The van der Waals surface area contributed by atoms with Gasteiger partial charge in [-0.05, 0) is 34.2 Å². The highest BCUT2D eigenvalue weighted by molar-refractivity contribution is 14.1. The van der Waals surface area contributed by atoms with Crippen LogP contribution in [-0.4, -0.2) is 6.18 Å². The van der Waals surface area contributed by atoms with Gasteiger partial charge in [-0.15, -0.1) is 12.4 Å². The van der Waals surface area contributed by atoms with E-state index < -0.39 is 12.2 Å². The number of halogens is 5. The molecular weight excluding hydrogens is 329 g/mol. The normalized spacial score (nSPS) is 13.2. The van der Waals surface area contributed by atoms with Gasteiger partial charge in [0.05, 0.1) is 0 Å². The van der Waals surface area contributed by atoms with Crippen molar-refractivity contribution in [3.63, 3.8) is 0 Å². The Balaban J connectivity index is 0.00000169. The molecule has 2 N–H and O–H groups in total. The van der Waals surface area contributed by atoms with E-state index in [0.717, 1.165) is 0 Å². The summed E-state index contributed by atoms with van der Waals surface area (Å²) in [4.78, 5) is 0. The van der Waals surface area contributed by atoms with Gasteiger partial charge in [0.25, 0.3) is 0 Å². The van der Waals surface area contributed by atoms with E-state index >= 15 is 0 Å². The molecule has 0 fully saturated rings. The van der Waals surface area contributed by atoms with Gasteiger partial charge in [0.1, 0.15) is 6.04 Å². The zero-order valence-electron chi connectivity index (χ0n) is 6.88. The quantitative estimate of drug-likeness (QED) is 0.782. The monoisotopic (exact) mass is 337 g/mol. The SMILES string of the molecule is Cl.NC(c1ccccc1I)C(F)(F)F. The molecule has 0 aliphatic heterocycles. The first kappa shape index (κ1) is 14.0. The summed E-state index contributed by atoms with van der Waals surface area (Å²) in [6.45, 7) is 0. The van der Waals surface area contributed by atoms with E-state index in [1.54, 1.807) is 18.2 Å². The average Bonchev–Trinajstić information content (AvgIpc) is 2.02. The van der Waals surface area contributed by atoms with Crippen molar-refractivity contribution in [2.75, 3.05) is 0 Å². The van der Waals surface area contributed by atoms with Gasteiger partial charge < -0.3 is 5.73 Å². The molecule has 0 bridgehead atoms. The minimum atomic E-state index is -4.37. The molecule has 6 heteroatoms. The van der Waals surface area contributed by atoms with E-state index in [-0.39, 0.29) is 18.0 Å². The van der Waals surface area contributed by atoms with Crippen LogP contribution in [0.2, 0.25) is 0 Å². The molecule has 0 aromatic heterocycles. The van der Waals surface area contributed by atoms with E-state index in [1.165, 1.54) is 6.07 Å². The van der Waals surface area contributed by atoms with Gasteiger partial charge in [-0.1, -0.05) is 18.2 Å². The van der Waals surface area contributed by atoms with Gasteiger partial charge >= 0.3 is 6.18 Å². The van der Waals surface area contributed by atoms with Crippen LogP contribution in [0.1, 0.15) is 11.6 Å². The lowest BCUT2D eigenvalue weighted by atomic mass is 10.1. The lowest BCUT2D eigenvalue weighted by Gasteiger charge is -2.16. The Kier molecular flexibility index (Phi) is 5.17. The van der Waals surface area contributed by atoms with Crippen molar-refractivity contribution in [3.8, 4) is 0 Å². The molecule has 0 heterocycles. The Labute approximate surface area is 99.4 Å². The van der Waals surface area contributed by atoms with Crippen LogP contribution in [0.5, 0.6) is 0 Å². The van der Waals surface area contributed by atoms with Crippen LogP contribution < -0.4 is 5.73 Å². The van der Waals surface area contributed by atoms with E-state index in [2.05, 4.69) is 0 Å². The Morgan fingerprint density at radius 2 is 1.71 bits per heavy atom. The molecule has 1 aromatic rings. The second kappa shape index (κ2) is 5.18. The minimum Gasteiger partial charge on any atom is -0.316 e. The molecule has 0 spiro atoms. The van der Waals surface area contributed by atoms with Crippen molar-refractivity contribution in [1.82, 2.24) is 0 Å². The molecule has 1 rings (SSSR count). The van der Waals surface area contributed by atoms with Gasteiger partial charge in [0.2, 0.25) is 0 Å². The molecule has 0 radical (unpaired) electrons. The van der Waals surface area contributed by atoms with E-state index in [1.807, 2.05) is 22.6 Å². The molecule has 0 saturated carbocycles. The molecular formula is C8H8ClF3IN. The summed E-state index contributed by atoms with van der Waals surface area (Å²) in [6.07, 6.45) is -4.37. The van der Waals surface area contributed by atoms with Crippen LogP contribution in [0.4, 0.5) is 13.2 Å². The van der Waals surface area contributed by atoms with Crippen LogP contribution in [-0.2, 0) is 0 Å². The third-order valence-electron chi connectivity index (χ3n) is 1.59. The molecule has 14 heavy (non-hydrogen) atoms. The predicted molar refractivity (Wildman–Crippen MR) is 59.4 cm³/mol. The largest absolute Gasteiger partial charge is 0.407 e. The number of hydrogen-bond acceptors (Lipinski definition) is 1. The first-order valence-corrected chi connectivity index (χ1v) is 4.57. The second-order valence-corrected chi connectivity index (χ2v) is 3.70. The van der Waals surface area contributed by atoms with Gasteiger partial charge in [-0.3, -0.25) is 0 Å². The van der Waals surface area contributed by atoms with E-state index in [0.29, 0.717) is 3.57 Å². The Bertz CT molecular complexity index is 303. The topological polar surface area (TPSA) is 26.0 Å². The first-order chi connectivity index (χ1) is 5.93. The number of alkyl halides is 3. The van der Waals surface area contributed by atoms with Gasteiger partial charge in [0.15, 0.2) is 0 Å². The Morgan fingerprint density at radius 3 is 2.14 bits per heavy atom. The van der Waals surface area contributed by atoms with Gasteiger partial charge in [-0.25, -0.2) is 0 Å². The van der Waals surface area contributed by atoms with Crippen molar-refractivity contribution in [2.45, 2.75) is 12.2 Å². The number of benzene rings is 1. The zero-order chi connectivity index (χ0) is 10.1. The highest BCUT2D eigenvalue weighted by atomic mass is 127. The fourth-order valence-electron chi connectivity index (χ4n) is 0.904. The van der Waals surface area contributed by atoms with Crippen LogP contribution in [0.3, 0.4) is 0 Å². The Hall–Kier alpha value is -0.0100. The maximum atomic E-state index is 12.2. The average molecular weight is 338 g/mol. The van der Waals surface area contributed by atoms with E-state index in [9.17, 15) is 13.2 Å². The molecule has 0 amide bonds. The summed E-state index contributed by atoms with van der Waals surface area (Å²) >= 11 is 1.84. The molecule has 80 valence electrons. The molecule has 1 atom stereocenters. The zero-order valence-corrected chi connectivity index (χ0v) is 9.86. The van der Waals surface area contributed by atoms with Crippen LogP contribution in [0.15, 0.2) is 24.3 Å². The summed E-state index contributed by atoms with van der Waals surface area (Å²) in [5.41, 5.74) is 5.16. The third kappa shape index (κ3) is 3.29. The van der Waals surface area contributed by atoms with Gasteiger partial charge in [0, 0.05) is 3.57 Å². The summed E-state index contributed by atoms with van der Waals surface area (Å²) in [5.74, 6) is 0. The fourth-order valence-corrected chi connectivity index (χ4v) is 1.63. The lowest BCUT2D eigenvalue weighted by Crippen LogP contribution is -2.29. The molecule has 1 aromatic carbocycles. The van der Waals surface area contributed by atoms with Crippen LogP contribution in [0, 0.1) is 3.57 Å². The summed E-state index contributed by atoms with van der Waals surface area (Å²) < 4.78 is 37.1. The summed E-state index contributed by atoms with van der Waals surface area (Å²) in [5, 5.41) is 0. The number of hydrogen-bond donors (Lipinski definition) is 1. The molecule has 0 aliphatic rings. The minimum absolute atomic E-state index is 0. The van der Waals surface area contributed by atoms with Crippen LogP contribution in [0.25, 0.3) is 0 Å². The maximum absolute atomic E-state index is 12.2. The lowest BCUT2D eigenvalue weighted by molar-refractivity contribution is -0.149. The number of nitrogens with two attached hydrogens (primary N) is 1. The van der Waals surface area contributed by atoms with Gasteiger partial charge in [-0.2, -0.15) is 13.2 Å². The molecule has 0 aliphatic carbocycles. The fraction of sp³-hybridized carbons (Fsp3) is 0.250. The molecule has 0 saturated heterocycles. The highest BCUT2D eigenvalue weighted by Gasteiger charge is 2.38. The summed E-state index contributed by atoms with van der Waals surface area (Å²) in [7, 11) is 0. The first-order valence-electron chi connectivity index (χ1n) is 3.49. The standard InChI is InChI=1S/C8H7F3IN.ClH/c9-8(10,11)7(13)5-3-1-2-4-6(5)12;/h1-4,7H,13H2;1H. The van der Waals surface area contributed by atoms with Crippen LogP contribution >= 0.6 is 35.0 Å². The maximum Gasteiger partial charge on any atom is 0.407 e. The summed E-state index contributed by atoms with van der Waals surface area (Å²) in [6, 6.07) is 4.32. The smallest absolute Gasteiger partial charge is 0.316 e. The number of rotatable bonds is 1.